The quantitative estimate of drug-likeness (QED) is 0.575. The van der Waals surface area contributed by atoms with Gasteiger partial charge in [0, 0.05) is 0 Å². The van der Waals surface area contributed by atoms with Gasteiger partial charge < -0.3 is 0 Å². The van der Waals surface area contributed by atoms with Crippen molar-refractivity contribution in [2.45, 2.75) is 54.1 Å². The van der Waals surface area contributed by atoms with Crippen LogP contribution in [0.1, 0.15) is 48.5 Å². The molecule has 12 heavy (non-hydrogen) atoms. The number of rotatable bonds is 2. The molecule has 0 rings (SSSR count). The van der Waals surface area contributed by atoms with Gasteiger partial charge in [-0.1, -0.05) is 48.5 Å². The highest BCUT2D eigenvalue weighted by Crippen LogP contribution is 2.46. The van der Waals surface area contributed by atoms with Crippen molar-refractivity contribution < 1.29 is 0 Å². The molecule has 0 saturated carbocycles. The van der Waals surface area contributed by atoms with Gasteiger partial charge in [-0.2, -0.15) is 0 Å². The fraction of sp³-hybridized carbons (Fsp3) is 1.00. The molecule has 0 heterocycles. The highest BCUT2D eigenvalue weighted by Gasteiger charge is 2.38. The Labute approximate surface area is 80.7 Å². The van der Waals surface area contributed by atoms with E-state index >= 15 is 0 Å². The zero-order valence-corrected chi connectivity index (χ0v) is 10.9. The zero-order valence-electron chi connectivity index (χ0n) is 9.73. The monoisotopic (exact) mass is 188 g/mol. The summed E-state index contributed by atoms with van der Waals surface area (Å²) in [7, 11) is 3.01. The average molecular weight is 188 g/mol. The Kier molecular flexibility index (Phi) is 3.79. The topological polar surface area (TPSA) is 0 Å². The van der Waals surface area contributed by atoms with Crippen molar-refractivity contribution in [2.24, 2.45) is 16.7 Å². The molecule has 0 aromatic heterocycles. The summed E-state index contributed by atoms with van der Waals surface area (Å²) >= 11 is 0. The van der Waals surface area contributed by atoms with Crippen molar-refractivity contribution in [3.8, 4) is 0 Å². The van der Waals surface area contributed by atoms with E-state index in [-0.39, 0.29) is 0 Å². The van der Waals surface area contributed by atoms with Crippen LogP contribution in [0.2, 0.25) is 0 Å². The standard InChI is InChI=1S/C11H25P/c1-8(2)9(12)11(6,7)10(3,4)5/h8-9H,12H2,1-7H3. The summed E-state index contributed by atoms with van der Waals surface area (Å²) in [6, 6.07) is 0. The van der Waals surface area contributed by atoms with Crippen molar-refractivity contribution in [1.29, 1.82) is 0 Å². The normalized spacial score (nSPS) is 16.8. The van der Waals surface area contributed by atoms with Gasteiger partial charge in [0.2, 0.25) is 0 Å². The van der Waals surface area contributed by atoms with Gasteiger partial charge in [0.25, 0.3) is 0 Å². The number of hydrogen-bond acceptors (Lipinski definition) is 0. The molecule has 0 N–H and O–H groups in total. The smallest absolute Gasteiger partial charge is 0.0185 e. The van der Waals surface area contributed by atoms with Gasteiger partial charge >= 0.3 is 0 Å². The second-order valence-corrected chi connectivity index (χ2v) is 6.46. The Hall–Kier alpha value is 0.430. The molecule has 0 aromatic carbocycles. The third-order valence-corrected chi connectivity index (χ3v) is 5.09. The van der Waals surface area contributed by atoms with Crippen LogP contribution in [0.25, 0.3) is 0 Å². The Morgan fingerprint density at radius 1 is 0.917 bits per heavy atom. The third-order valence-electron chi connectivity index (χ3n) is 3.48. The lowest BCUT2D eigenvalue weighted by molar-refractivity contribution is 0.110. The van der Waals surface area contributed by atoms with Crippen molar-refractivity contribution >= 4 is 9.24 Å². The van der Waals surface area contributed by atoms with Crippen molar-refractivity contribution in [3.63, 3.8) is 0 Å². The van der Waals surface area contributed by atoms with E-state index in [9.17, 15) is 0 Å². The van der Waals surface area contributed by atoms with E-state index in [1.54, 1.807) is 0 Å². The average Bonchev–Trinajstić information content (AvgIpc) is 1.83. The first-order chi connectivity index (χ1) is 5.10. The maximum absolute atomic E-state index is 3.01. The van der Waals surface area contributed by atoms with Crippen LogP contribution in [0.4, 0.5) is 0 Å². The minimum Gasteiger partial charge on any atom is -0.134 e. The van der Waals surface area contributed by atoms with E-state index in [1.165, 1.54) is 0 Å². The molecule has 0 amide bonds. The minimum atomic E-state index is 0.379. The summed E-state index contributed by atoms with van der Waals surface area (Å²) in [5, 5.41) is 0. The van der Waals surface area contributed by atoms with Crippen LogP contribution in [0.15, 0.2) is 0 Å². The molecule has 0 spiro atoms. The predicted octanol–water partition coefficient (Wildman–Crippen LogP) is 3.96. The predicted molar refractivity (Wildman–Crippen MR) is 61.6 cm³/mol. The molecule has 0 fully saturated rings. The second-order valence-electron chi connectivity index (χ2n) is 5.74. The van der Waals surface area contributed by atoms with E-state index in [0.717, 1.165) is 5.92 Å². The first-order valence-corrected chi connectivity index (χ1v) is 5.53. The molecule has 0 aromatic rings. The molecular weight excluding hydrogens is 163 g/mol. The van der Waals surface area contributed by atoms with E-state index < -0.39 is 0 Å². The second kappa shape index (κ2) is 3.66. The first-order valence-electron chi connectivity index (χ1n) is 4.86. The number of hydrogen-bond donors (Lipinski definition) is 0. The van der Waals surface area contributed by atoms with Gasteiger partial charge in [0.05, 0.1) is 0 Å². The molecule has 2 atom stereocenters. The molecule has 0 saturated heterocycles. The summed E-state index contributed by atoms with van der Waals surface area (Å²) in [4.78, 5) is 0. The lowest BCUT2D eigenvalue weighted by Gasteiger charge is -2.45. The van der Waals surface area contributed by atoms with E-state index in [2.05, 4.69) is 57.7 Å². The summed E-state index contributed by atoms with van der Waals surface area (Å²) in [6.07, 6.45) is 0. The van der Waals surface area contributed by atoms with Crippen molar-refractivity contribution in [3.05, 3.63) is 0 Å². The van der Waals surface area contributed by atoms with Gasteiger partial charge in [0.15, 0.2) is 0 Å². The summed E-state index contributed by atoms with van der Waals surface area (Å²) < 4.78 is 0. The van der Waals surface area contributed by atoms with Gasteiger partial charge in [-0.05, 0) is 22.4 Å². The summed E-state index contributed by atoms with van der Waals surface area (Å²) in [5.41, 5.74) is 1.45. The van der Waals surface area contributed by atoms with E-state index in [4.69, 9.17) is 0 Å². The third kappa shape index (κ3) is 2.46. The molecular formula is C11H25P. The molecule has 0 bridgehead atoms. The van der Waals surface area contributed by atoms with Crippen LogP contribution in [0, 0.1) is 16.7 Å². The van der Waals surface area contributed by atoms with Crippen LogP contribution in [0.3, 0.4) is 0 Å². The first kappa shape index (κ1) is 12.4. The van der Waals surface area contributed by atoms with Gasteiger partial charge in [0.1, 0.15) is 0 Å². The molecule has 2 unspecified atom stereocenters. The Bertz CT molecular complexity index is 140. The maximum atomic E-state index is 3.01. The van der Waals surface area contributed by atoms with Gasteiger partial charge in [-0.25, -0.2) is 0 Å². The Morgan fingerprint density at radius 3 is 1.33 bits per heavy atom. The fourth-order valence-corrected chi connectivity index (χ4v) is 1.83. The molecule has 0 aliphatic carbocycles. The lowest BCUT2D eigenvalue weighted by atomic mass is 9.65. The van der Waals surface area contributed by atoms with Crippen LogP contribution >= 0.6 is 9.24 Å². The molecule has 74 valence electrons. The van der Waals surface area contributed by atoms with Gasteiger partial charge in [-0.3, -0.25) is 0 Å². The Balaban J connectivity index is 4.61. The molecule has 0 aliphatic heterocycles. The highest BCUT2D eigenvalue weighted by atomic mass is 31.0. The maximum Gasteiger partial charge on any atom is -0.0185 e. The van der Waals surface area contributed by atoms with Crippen LogP contribution in [-0.2, 0) is 0 Å². The van der Waals surface area contributed by atoms with Crippen LogP contribution in [0.5, 0.6) is 0 Å². The molecule has 0 aliphatic rings. The lowest BCUT2D eigenvalue weighted by Crippen LogP contribution is -2.40. The van der Waals surface area contributed by atoms with Crippen LogP contribution < -0.4 is 0 Å². The van der Waals surface area contributed by atoms with E-state index in [1.807, 2.05) is 0 Å². The molecule has 0 radical (unpaired) electrons. The van der Waals surface area contributed by atoms with Crippen LogP contribution in [-0.4, -0.2) is 5.66 Å². The highest BCUT2D eigenvalue weighted by molar-refractivity contribution is 7.17. The zero-order chi connectivity index (χ0) is 10.2. The van der Waals surface area contributed by atoms with E-state index in [0.29, 0.717) is 16.5 Å². The Morgan fingerprint density at radius 2 is 1.25 bits per heavy atom. The largest absolute Gasteiger partial charge is 0.134 e. The summed E-state index contributed by atoms with van der Waals surface area (Å²) in [5.74, 6) is 0.740. The SMILES string of the molecule is CC(C)C(P)C(C)(C)C(C)(C)C. The molecule has 0 nitrogen and oxygen atoms in total. The van der Waals surface area contributed by atoms with Crippen molar-refractivity contribution in [1.82, 2.24) is 0 Å². The summed E-state index contributed by atoms with van der Waals surface area (Å²) in [6.45, 7) is 16.3. The molecule has 1 heteroatoms. The fourth-order valence-electron chi connectivity index (χ4n) is 1.33. The minimum absolute atomic E-state index is 0.379. The van der Waals surface area contributed by atoms with Crippen molar-refractivity contribution in [2.75, 3.05) is 0 Å². The van der Waals surface area contributed by atoms with Gasteiger partial charge in [-0.15, -0.1) is 9.24 Å².